The highest BCUT2D eigenvalue weighted by Crippen LogP contribution is 2.30. The molecule has 0 aliphatic heterocycles. The van der Waals surface area contributed by atoms with E-state index >= 15 is 0 Å². The number of aliphatic hydroxyl groups excluding tert-OH is 1. The van der Waals surface area contributed by atoms with Gasteiger partial charge in [-0.2, -0.15) is 0 Å². The van der Waals surface area contributed by atoms with Crippen molar-refractivity contribution < 1.29 is 33.6 Å². The first-order chi connectivity index (χ1) is 17.5. The van der Waals surface area contributed by atoms with E-state index in [4.69, 9.17) is 18.9 Å². The van der Waals surface area contributed by atoms with Crippen LogP contribution in [0.2, 0.25) is 0 Å². The maximum absolute atomic E-state index is 13.3. The van der Waals surface area contributed by atoms with Crippen LogP contribution in [0.4, 0.5) is 0 Å². The Kier molecular flexibility index (Phi) is 8.97. The summed E-state index contributed by atoms with van der Waals surface area (Å²) in [5.41, 5.74) is 2.64. The summed E-state index contributed by atoms with van der Waals surface area (Å²) in [5, 5.41) is 10.9. The minimum atomic E-state index is -1.62. The predicted molar refractivity (Wildman–Crippen MR) is 132 cm³/mol. The van der Waals surface area contributed by atoms with E-state index in [0.29, 0.717) is 0 Å². The van der Waals surface area contributed by atoms with E-state index in [0.717, 1.165) is 16.7 Å². The first kappa shape index (κ1) is 25.7. The number of aliphatic hydroxyl groups is 1. The fourth-order valence-corrected chi connectivity index (χ4v) is 4.20. The van der Waals surface area contributed by atoms with Crippen LogP contribution in [0.3, 0.4) is 0 Å². The van der Waals surface area contributed by atoms with Gasteiger partial charge in [-0.3, -0.25) is 9.59 Å². The van der Waals surface area contributed by atoms with Gasteiger partial charge in [0.15, 0.2) is 18.0 Å². The highest BCUT2D eigenvalue weighted by atomic mass is 16.6. The molecule has 36 heavy (non-hydrogen) atoms. The maximum atomic E-state index is 13.3. The van der Waals surface area contributed by atoms with Crippen LogP contribution >= 0.6 is 0 Å². The number of rotatable bonds is 10. The molecule has 0 heterocycles. The molecule has 3 aromatic rings. The largest absolute Gasteiger partial charge is 0.456 e. The Morgan fingerprint density at radius 3 is 1.53 bits per heavy atom. The van der Waals surface area contributed by atoms with Crippen LogP contribution < -0.4 is 0 Å². The van der Waals surface area contributed by atoms with Gasteiger partial charge in [0.25, 0.3) is 0 Å². The van der Waals surface area contributed by atoms with E-state index in [9.17, 15) is 14.7 Å². The number of ketones is 1. The summed E-state index contributed by atoms with van der Waals surface area (Å²) in [5.74, 6) is -1.25. The molecule has 0 saturated heterocycles. The van der Waals surface area contributed by atoms with Crippen LogP contribution in [0, 0.1) is 0 Å². The Balaban J connectivity index is 1.62. The Morgan fingerprint density at radius 2 is 1.08 bits per heavy atom. The lowest BCUT2D eigenvalue weighted by atomic mass is 9.85. The monoisotopic (exact) mass is 490 g/mol. The molecule has 3 aromatic carbocycles. The molecule has 7 nitrogen and oxygen atoms in total. The summed E-state index contributed by atoms with van der Waals surface area (Å²) in [4.78, 5) is 25.2. The van der Waals surface area contributed by atoms with Gasteiger partial charge in [-0.15, -0.1) is 0 Å². The Hall–Kier alpha value is -3.36. The highest BCUT2D eigenvalue weighted by Gasteiger charge is 2.53. The topological polar surface area (TPSA) is 91.3 Å². The third-order valence-corrected chi connectivity index (χ3v) is 5.97. The predicted octanol–water partition coefficient (Wildman–Crippen LogP) is 3.62. The molecule has 188 valence electrons. The van der Waals surface area contributed by atoms with E-state index in [-0.39, 0.29) is 19.8 Å². The quantitative estimate of drug-likeness (QED) is 0.434. The van der Waals surface area contributed by atoms with Gasteiger partial charge in [0.1, 0.15) is 18.3 Å². The first-order valence-electron chi connectivity index (χ1n) is 11.9. The summed E-state index contributed by atoms with van der Waals surface area (Å²) >= 11 is 0. The summed E-state index contributed by atoms with van der Waals surface area (Å²) in [6, 6.07) is 28.4. The molecule has 0 spiro atoms. The molecule has 1 aliphatic carbocycles. The van der Waals surface area contributed by atoms with Crippen LogP contribution in [0.25, 0.3) is 0 Å². The van der Waals surface area contributed by atoms with Crippen LogP contribution in [-0.4, -0.2) is 47.4 Å². The van der Waals surface area contributed by atoms with E-state index in [1.807, 2.05) is 91.0 Å². The number of carbonyl (C=O) groups excluding carboxylic acids is 2. The smallest absolute Gasteiger partial charge is 0.303 e. The molecule has 1 N–H and O–H groups in total. The molecule has 1 aliphatic rings. The van der Waals surface area contributed by atoms with Gasteiger partial charge in [0.2, 0.25) is 0 Å². The molecule has 1 saturated carbocycles. The second-order valence-corrected chi connectivity index (χ2v) is 8.66. The van der Waals surface area contributed by atoms with Gasteiger partial charge in [-0.25, -0.2) is 0 Å². The first-order valence-corrected chi connectivity index (χ1v) is 11.9. The molecule has 5 atom stereocenters. The van der Waals surface area contributed by atoms with E-state index in [2.05, 4.69) is 0 Å². The third-order valence-electron chi connectivity index (χ3n) is 5.97. The highest BCUT2D eigenvalue weighted by molar-refractivity contribution is 5.90. The Morgan fingerprint density at radius 1 is 0.667 bits per heavy atom. The van der Waals surface area contributed by atoms with Gasteiger partial charge in [-0.05, 0) is 16.7 Å². The second kappa shape index (κ2) is 12.6. The van der Waals surface area contributed by atoms with Gasteiger partial charge < -0.3 is 24.1 Å². The third kappa shape index (κ3) is 6.65. The summed E-state index contributed by atoms with van der Waals surface area (Å²) < 4.78 is 23.8. The van der Waals surface area contributed by atoms with E-state index < -0.39 is 42.3 Å². The Labute approximate surface area is 210 Å². The number of ether oxygens (including phenoxy) is 4. The van der Waals surface area contributed by atoms with Gasteiger partial charge >= 0.3 is 5.97 Å². The number of Topliss-reactive ketones (excluding diaryl/α,β-unsaturated/α-hetero) is 1. The lowest BCUT2D eigenvalue weighted by Crippen LogP contribution is -2.64. The standard InChI is InChI=1S/C29H30O7/c1-20(30)36-27-25(32)24(31)26(33-17-21-11-5-2-6-12-21)28(34-18-22-13-7-3-8-14-22)29(27)35-19-23-15-9-4-10-16-23/h2-16,25-29,32H,17-19H2,1H3/t25-,26+,27-,28-,29-/m0/s1. The Bertz CT molecular complexity index is 1100. The van der Waals surface area contributed by atoms with Gasteiger partial charge in [-0.1, -0.05) is 91.0 Å². The molecule has 0 bridgehead atoms. The minimum Gasteiger partial charge on any atom is -0.456 e. The number of carbonyl (C=O) groups is 2. The van der Waals surface area contributed by atoms with Crippen molar-refractivity contribution in [3.8, 4) is 0 Å². The maximum Gasteiger partial charge on any atom is 0.303 e. The zero-order chi connectivity index (χ0) is 25.3. The van der Waals surface area contributed by atoms with Crippen LogP contribution in [0.5, 0.6) is 0 Å². The van der Waals surface area contributed by atoms with Crippen molar-refractivity contribution >= 4 is 11.8 Å². The lowest BCUT2D eigenvalue weighted by Gasteiger charge is -2.42. The van der Waals surface area contributed by atoms with Crippen molar-refractivity contribution in [2.75, 3.05) is 0 Å². The zero-order valence-corrected chi connectivity index (χ0v) is 20.1. The summed E-state index contributed by atoms with van der Waals surface area (Å²) in [7, 11) is 0. The number of esters is 1. The second-order valence-electron chi connectivity index (χ2n) is 8.66. The van der Waals surface area contributed by atoms with Crippen LogP contribution in [0.1, 0.15) is 23.6 Å². The number of hydrogen-bond acceptors (Lipinski definition) is 7. The SMILES string of the molecule is CC(=O)O[C@@H]1[C@H](OCc2ccccc2)[C@@H](OCc2ccccc2)[C@H](OCc2ccccc2)C(=O)[C@@H]1O. The van der Waals surface area contributed by atoms with Crippen molar-refractivity contribution in [1.29, 1.82) is 0 Å². The molecule has 0 unspecified atom stereocenters. The van der Waals surface area contributed by atoms with Crippen molar-refractivity contribution in [1.82, 2.24) is 0 Å². The molecule has 0 aromatic heterocycles. The average molecular weight is 491 g/mol. The summed E-state index contributed by atoms with van der Waals surface area (Å²) in [6.07, 6.45) is -5.87. The average Bonchev–Trinajstić information content (AvgIpc) is 2.91. The van der Waals surface area contributed by atoms with Crippen molar-refractivity contribution in [2.45, 2.75) is 57.3 Å². The van der Waals surface area contributed by atoms with Crippen molar-refractivity contribution in [3.63, 3.8) is 0 Å². The van der Waals surface area contributed by atoms with E-state index in [1.54, 1.807) is 0 Å². The number of benzene rings is 3. The minimum absolute atomic E-state index is 0.138. The lowest BCUT2D eigenvalue weighted by molar-refractivity contribution is -0.227. The molecule has 0 radical (unpaired) electrons. The zero-order valence-electron chi connectivity index (χ0n) is 20.1. The van der Waals surface area contributed by atoms with Crippen molar-refractivity contribution in [2.24, 2.45) is 0 Å². The molecular weight excluding hydrogens is 460 g/mol. The van der Waals surface area contributed by atoms with E-state index in [1.165, 1.54) is 6.92 Å². The molecule has 7 heteroatoms. The number of hydrogen-bond donors (Lipinski definition) is 1. The normalized spacial score (nSPS) is 23.8. The van der Waals surface area contributed by atoms with Gasteiger partial charge in [0, 0.05) is 6.92 Å². The molecule has 4 rings (SSSR count). The van der Waals surface area contributed by atoms with Crippen LogP contribution in [0.15, 0.2) is 91.0 Å². The van der Waals surface area contributed by atoms with Gasteiger partial charge in [0.05, 0.1) is 19.8 Å². The van der Waals surface area contributed by atoms with Crippen molar-refractivity contribution in [3.05, 3.63) is 108 Å². The fourth-order valence-electron chi connectivity index (χ4n) is 4.20. The van der Waals surface area contributed by atoms with Crippen LogP contribution in [-0.2, 0) is 48.4 Å². The molecular formula is C29H30O7. The fraction of sp³-hybridized carbons (Fsp3) is 0.310. The molecule has 1 fully saturated rings. The molecule has 0 amide bonds. The summed E-state index contributed by atoms with van der Waals surface area (Å²) in [6.45, 7) is 1.71.